The van der Waals surface area contributed by atoms with Crippen molar-refractivity contribution in [1.82, 2.24) is 20.4 Å². The highest BCUT2D eigenvalue weighted by atomic mass is 16.5. The van der Waals surface area contributed by atoms with Crippen LogP contribution in [0.25, 0.3) is 0 Å². The summed E-state index contributed by atoms with van der Waals surface area (Å²) in [5.41, 5.74) is 1.05. The van der Waals surface area contributed by atoms with Crippen LogP contribution < -0.4 is 15.4 Å². The first-order valence-corrected chi connectivity index (χ1v) is 11.2. The molecule has 0 aromatic heterocycles. The summed E-state index contributed by atoms with van der Waals surface area (Å²) in [6.07, 6.45) is 7.66. The van der Waals surface area contributed by atoms with Gasteiger partial charge in [-0.1, -0.05) is 31.4 Å². The molecule has 1 saturated carbocycles. The molecule has 30 heavy (non-hydrogen) atoms. The van der Waals surface area contributed by atoms with Gasteiger partial charge in [0.1, 0.15) is 5.75 Å². The van der Waals surface area contributed by atoms with E-state index in [0.29, 0.717) is 19.1 Å². The minimum absolute atomic E-state index is 0.0329. The van der Waals surface area contributed by atoms with Crippen molar-refractivity contribution in [2.45, 2.75) is 63.6 Å². The van der Waals surface area contributed by atoms with Gasteiger partial charge in [0.2, 0.25) is 5.91 Å². The van der Waals surface area contributed by atoms with Crippen molar-refractivity contribution in [3.05, 3.63) is 29.8 Å². The number of hydrogen-bond donors (Lipinski definition) is 2. The molecule has 2 N–H and O–H groups in total. The second-order valence-corrected chi connectivity index (χ2v) is 8.60. The Morgan fingerprint density at radius 2 is 1.73 bits per heavy atom. The SMILES string of the molecule is COc1cccc(CN(C)C(=O)CN2CCC(NC(=O)NC3CCCCC3)CC2)c1. The molecule has 166 valence electrons. The fourth-order valence-electron chi connectivity index (χ4n) is 4.34. The third-order valence-corrected chi connectivity index (χ3v) is 6.20. The molecule has 1 aliphatic heterocycles. The predicted octanol–water partition coefficient (Wildman–Crippen LogP) is 2.75. The zero-order valence-corrected chi connectivity index (χ0v) is 18.4. The van der Waals surface area contributed by atoms with Crippen LogP contribution in [-0.4, -0.2) is 67.6 Å². The van der Waals surface area contributed by atoms with Crippen LogP contribution in [0, 0.1) is 0 Å². The van der Waals surface area contributed by atoms with E-state index in [4.69, 9.17) is 4.74 Å². The Morgan fingerprint density at radius 1 is 1.07 bits per heavy atom. The highest BCUT2D eigenvalue weighted by molar-refractivity contribution is 5.78. The molecule has 0 spiro atoms. The van der Waals surface area contributed by atoms with Crippen LogP contribution in [0.5, 0.6) is 5.75 Å². The number of piperidine rings is 1. The number of methoxy groups -OCH3 is 1. The van der Waals surface area contributed by atoms with Gasteiger partial charge in [0.25, 0.3) is 0 Å². The number of nitrogens with one attached hydrogen (secondary N) is 2. The Bertz CT molecular complexity index is 697. The van der Waals surface area contributed by atoms with E-state index in [9.17, 15) is 9.59 Å². The monoisotopic (exact) mass is 416 g/mol. The highest BCUT2D eigenvalue weighted by Crippen LogP contribution is 2.18. The normalized spacial score (nSPS) is 18.6. The standard InChI is InChI=1S/C23H36N4O3/c1-26(16-18-7-6-10-21(15-18)30-2)22(28)17-27-13-11-20(12-14-27)25-23(29)24-19-8-4-3-5-9-19/h6-7,10,15,19-20H,3-5,8-9,11-14,16-17H2,1-2H3,(H2,24,25,29). The molecule has 7 nitrogen and oxygen atoms in total. The van der Waals surface area contributed by atoms with Gasteiger partial charge in [0, 0.05) is 38.8 Å². The van der Waals surface area contributed by atoms with Crippen LogP contribution in [0.4, 0.5) is 4.79 Å². The maximum atomic E-state index is 12.6. The van der Waals surface area contributed by atoms with Gasteiger partial charge >= 0.3 is 6.03 Å². The third kappa shape index (κ3) is 6.90. The molecule has 2 aliphatic rings. The van der Waals surface area contributed by atoms with Crippen molar-refractivity contribution in [3.63, 3.8) is 0 Å². The van der Waals surface area contributed by atoms with Gasteiger partial charge in [0.15, 0.2) is 0 Å². The Labute approximate surface area is 180 Å². The number of amides is 3. The molecule has 1 saturated heterocycles. The van der Waals surface area contributed by atoms with Gasteiger partial charge in [-0.2, -0.15) is 0 Å². The summed E-state index contributed by atoms with van der Waals surface area (Å²) < 4.78 is 5.25. The summed E-state index contributed by atoms with van der Waals surface area (Å²) >= 11 is 0. The van der Waals surface area contributed by atoms with E-state index in [0.717, 1.165) is 50.1 Å². The van der Waals surface area contributed by atoms with E-state index in [2.05, 4.69) is 15.5 Å². The molecule has 2 fully saturated rings. The van der Waals surface area contributed by atoms with Gasteiger partial charge in [-0.25, -0.2) is 4.79 Å². The molecule has 3 rings (SSSR count). The largest absolute Gasteiger partial charge is 0.497 e. The molecule has 7 heteroatoms. The van der Waals surface area contributed by atoms with E-state index >= 15 is 0 Å². The van der Waals surface area contributed by atoms with E-state index in [1.807, 2.05) is 31.3 Å². The number of ether oxygens (including phenoxy) is 1. The number of hydrogen-bond acceptors (Lipinski definition) is 4. The summed E-state index contributed by atoms with van der Waals surface area (Å²) in [5, 5.41) is 6.24. The van der Waals surface area contributed by atoms with Crippen LogP contribution in [0.1, 0.15) is 50.5 Å². The lowest BCUT2D eigenvalue weighted by molar-refractivity contribution is -0.131. The van der Waals surface area contributed by atoms with Crippen LogP contribution in [0.15, 0.2) is 24.3 Å². The zero-order chi connectivity index (χ0) is 21.3. The third-order valence-electron chi connectivity index (χ3n) is 6.20. The number of carbonyl (C=O) groups is 2. The summed E-state index contributed by atoms with van der Waals surface area (Å²) in [6, 6.07) is 8.29. The van der Waals surface area contributed by atoms with Crippen LogP contribution in [0.2, 0.25) is 0 Å². The summed E-state index contributed by atoms with van der Waals surface area (Å²) in [6.45, 7) is 2.64. The van der Waals surface area contributed by atoms with E-state index < -0.39 is 0 Å². The lowest BCUT2D eigenvalue weighted by atomic mass is 9.96. The fraction of sp³-hybridized carbons (Fsp3) is 0.652. The molecule has 0 bridgehead atoms. The number of urea groups is 1. The minimum atomic E-state index is -0.0329. The van der Waals surface area contributed by atoms with Gasteiger partial charge in [0.05, 0.1) is 13.7 Å². The molecule has 0 unspecified atom stereocenters. The van der Waals surface area contributed by atoms with E-state index in [1.165, 1.54) is 19.3 Å². The van der Waals surface area contributed by atoms with E-state index in [1.54, 1.807) is 12.0 Å². The number of benzene rings is 1. The smallest absolute Gasteiger partial charge is 0.315 e. The lowest BCUT2D eigenvalue weighted by Gasteiger charge is -2.33. The molecule has 0 atom stereocenters. The number of carbonyl (C=O) groups excluding carboxylic acids is 2. The van der Waals surface area contributed by atoms with Crippen molar-refractivity contribution in [2.24, 2.45) is 0 Å². The second-order valence-electron chi connectivity index (χ2n) is 8.60. The minimum Gasteiger partial charge on any atom is -0.497 e. The van der Waals surface area contributed by atoms with Crippen molar-refractivity contribution in [2.75, 3.05) is 33.8 Å². The molecular formula is C23H36N4O3. The summed E-state index contributed by atoms with van der Waals surface area (Å²) in [7, 11) is 3.48. The predicted molar refractivity (Wildman–Crippen MR) is 117 cm³/mol. The Morgan fingerprint density at radius 3 is 2.40 bits per heavy atom. The van der Waals surface area contributed by atoms with Crippen LogP contribution in [-0.2, 0) is 11.3 Å². The first-order valence-electron chi connectivity index (χ1n) is 11.2. The topological polar surface area (TPSA) is 73.9 Å². The van der Waals surface area contributed by atoms with E-state index in [-0.39, 0.29) is 18.0 Å². The first-order chi connectivity index (χ1) is 14.5. The molecule has 1 aliphatic carbocycles. The van der Waals surface area contributed by atoms with Gasteiger partial charge in [-0.05, 0) is 43.4 Å². The number of likely N-dealkylation sites (N-methyl/N-ethyl adjacent to an activating group) is 1. The lowest BCUT2D eigenvalue weighted by Crippen LogP contribution is -2.51. The quantitative estimate of drug-likeness (QED) is 0.717. The second kappa shape index (κ2) is 11.2. The molecule has 3 amide bonds. The molecule has 1 aromatic rings. The molecule has 0 radical (unpaired) electrons. The van der Waals surface area contributed by atoms with Crippen molar-refractivity contribution in [3.8, 4) is 5.75 Å². The average molecular weight is 417 g/mol. The molecule has 1 heterocycles. The van der Waals surface area contributed by atoms with Crippen molar-refractivity contribution >= 4 is 11.9 Å². The summed E-state index contributed by atoms with van der Waals surface area (Å²) in [4.78, 5) is 28.8. The number of likely N-dealkylation sites (tertiary alicyclic amines) is 1. The molecular weight excluding hydrogens is 380 g/mol. The number of nitrogens with zero attached hydrogens (tertiary/aromatic N) is 2. The number of rotatable bonds is 7. The van der Waals surface area contributed by atoms with Gasteiger partial charge in [-0.3, -0.25) is 9.69 Å². The zero-order valence-electron chi connectivity index (χ0n) is 18.4. The van der Waals surface area contributed by atoms with Crippen molar-refractivity contribution in [1.29, 1.82) is 0 Å². The maximum absolute atomic E-state index is 12.6. The Kier molecular flexibility index (Phi) is 8.37. The Balaban J connectivity index is 1.36. The van der Waals surface area contributed by atoms with Crippen LogP contribution >= 0.6 is 0 Å². The first kappa shape index (κ1) is 22.4. The summed E-state index contributed by atoms with van der Waals surface area (Å²) in [5.74, 6) is 0.912. The Hall–Kier alpha value is -2.28. The van der Waals surface area contributed by atoms with Crippen LogP contribution in [0.3, 0.4) is 0 Å². The van der Waals surface area contributed by atoms with Crippen molar-refractivity contribution < 1.29 is 14.3 Å². The van der Waals surface area contributed by atoms with Gasteiger partial charge < -0.3 is 20.3 Å². The fourth-order valence-corrected chi connectivity index (χ4v) is 4.34. The molecule has 1 aromatic carbocycles. The van der Waals surface area contributed by atoms with Gasteiger partial charge in [-0.15, -0.1) is 0 Å². The average Bonchev–Trinajstić information content (AvgIpc) is 2.76. The maximum Gasteiger partial charge on any atom is 0.315 e. The highest BCUT2D eigenvalue weighted by Gasteiger charge is 2.24.